The van der Waals surface area contributed by atoms with E-state index >= 15 is 0 Å². The number of hydrogen-bond acceptors (Lipinski definition) is 5. The standard InChI is InChI=1S/C15H23N3O2/c1-3-8-20-15-11-13(17)10-14(12-15)18(6-4-5-16)7-9-19-2/h10-12H,3-4,6-9,17H2,1-2H3. The van der Waals surface area contributed by atoms with Gasteiger partial charge in [-0.25, -0.2) is 0 Å². The lowest BCUT2D eigenvalue weighted by Crippen LogP contribution is -2.28. The molecule has 5 nitrogen and oxygen atoms in total. The van der Waals surface area contributed by atoms with Crippen LogP contribution in [0.25, 0.3) is 0 Å². The van der Waals surface area contributed by atoms with Crippen LogP contribution < -0.4 is 15.4 Å². The molecule has 0 aromatic heterocycles. The number of methoxy groups -OCH3 is 1. The van der Waals surface area contributed by atoms with Crippen LogP contribution in [0.3, 0.4) is 0 Å². The van der Waals surface area contributed by atoms with Crippen LogP contribution in [0, 0.1) is 11.3 Å². The molecule has 0 amide bonds. The van der Waals surface area contributed by atoms with Gasteiger partial charge in [-0.2, -0.15) is 5.26 Å². The smallest absolute Gasteiger partial charge is 0.123 e. The van der Waals surface area contributed by atoms with Crippen molar-refractivity contribution in [3.63, 3.8) is 0 Å². The van der Waals surface area contributed by atoms with E-state index < -0.39 is 0 Å². The second-order valence-corrected chi connectivity index (χ2v) is 4.50. The number of hydrogen-bond donors (Lipinski definition) is 1. The van der Waals surface area contributed by atoms with Crippen molar-refractivity contribution in [3.8, 4) is 11.8 Å². The molecule has 0 unspecified atom stereocenters. The predicted molar refractivity (Wildman–Crippen MR) is 81.0 cm³/mol. The van der Waals surface area contributed by atoms with Crippen LogP contribution in [0.2, 0.25) is 0 Å². The Balaban J connectivity index is 2.87. The third-order valence-electron chi connectivity index (χ3n) is 2.81. The van der Waals surface area contributed by atoms with E-state index in [1.165, 1.54) is 0 Å². The molecular formula is C15H23N3O2. The van der Waals surface area contributed by atoms with Gasteiger partial charge in [-0.15, -0.1) is 0 Å². The zero-order valence-electron chi connectivity index (χ0n) is 12.3. The quantitative estimate of drug-likeness (QED) is 0.702. The number of benzene rings is 1. The van der Waals surface area contributed by atoms with Crippen LogP contribution in [0.4, 0.5) is 11.4 Å². The minimum absolute atomic E-state index is 0.462. The van der Waals surface area contributed by atoms with E-state index in [-0.39, 0.29) is 0 Å². The Kier molecular flexibility index (Phi) is 7.30. The second kappa shape index (κ2) is 9.05. The molecule has 20 heavy (non-hydrogen) atoms. The first-order valence-electron chi connectivity index (χ1n) is 6.85. The van der Waals surface area contributed by atoms with Crippen molar-refractivity contribution in [1.29, 1.82) is 5.26 Å². The van der Waals surface area contributed by atoms with Gasteiger partial charge >= 0.3 is 0 Å². The molecule has 2 N–H and O–H groups in total. The van der Waals surface area contributed by atoms with E-state index in [0.717, 1.165) is 24.4 Å². The van der Waals surface area contributed by atoms with Crippen LogP contribution in [0.15, 0.2) is 18.2 Å². The number of nitrogen functional groups attached to an aromatic ring is 1. The third kappa shape index (κ3) is 5.37. The van der Waals surface area contributed by atoms with Crippen LogP contribution >= 0.6 is 0 Å². The minimum Gasteiger partial charge on any atom is -0.493 e. The Labute approximate surface area is 120 Å². The fraction of sp³-hybridized carbons (Fsp3) is 0.533. The number of anilines is 2. The first-order chi connectivity index (χ1) is 9.71. The maximum atomic E-state index is 8.76. The molecular weight excluding hydrogens is 254 g/mol. The number of nitriles is 1. The van der Waals surface area contributed by atoms with Gasteiger partial charge in [0.25, 0.3) is 0 Å². The summed E-state index contributed by atoms with van der Waals surface area (Å²) in [6, 6.07) is 7.83. The molecule has 0 bridgehead atoms. The van der Waals surface area contributed by atoms with Crippen molar-refractivity contribution in [1.82, 2.24) is 0 Å². The maximum absolute atomic E-state index is 8.76. The Morgan fingerprint density at radius 3 is 2.70 bits per heavy atom. The molecule has 0 aliphatic carbocycles. The second-order valence-electron chi connectivity index (χ2n) is 4.50. The maximum Gasteiger partial charge on any atom is 0.123 e. The molecule has 110 valence electrons. The van der Waals surface area contributed by atoms with Crippen molar-refractivity contribution >= 4 is 11.4 Å². The summed E-state index contributed by atoms with van der Waals surface area (Å²) in [4.78, 5) is 2.09. The van der Waals surface area contributed by atoms with E-state index in [2.05, 4.69) is 17.9 Å². The van der Waals surface area contributed by atoms with Crippen molar-refractivity contribution in [2.75, 3.05) is 44.0 Å². The summed E-state index contributed by atoms with van der Waals surface area (Å²) in [5, 5.41) is 8.76. The SMILES string of the molecule is CCCOc1cc(N)cc(N(CCC#N)CCOC)c1. The lowest BCUT2D eigenvalue weighted by Gasteiger charge is -2.24. The van der Waals surface area contributed by atoms with Gasteiger partial charge < -0.3 is 20.1 Å². The molecule has 0 aliphatic rings. The van der Waals surface area contributed by atoms with Gasteiger partial charge in [0.2, 0.25) is 0 Å². The van der Waals surface area contributed by atoms with E-state index in [1.54, 1.807) is 7.11 Å². The summed E-state index contributed by atoms with van der Waals surface area (Å²) in [7, 11) is 1.66. The van der Waals surface area contributed by atoms with E-state index in [0.29, 0.717) is 31.9 Å². The predicted octanol–water partition coefficient (Wildman–Crippen LogP) is 2.42. The van der Waals surface area contributed by atoms with Crippen molar-refractivity contribution < 1.29 is 9.47 Å². The summed E-state index contributed by atoms with van der Waals surface area (Å²) in [5.41, 5.74) is 7.54. The summed E-state index contributed by atoms with van der Waals surface area (Å²) in [6.45, 7) is 4.70. The van der Waals surface area contributed by atoms with Gasteiger partial charge in [-0.05, 0) is 12.5 Å². The third-order valence-corrected chi connectivity index (χ3v) is 2.81. The average molecular weight is 277 g/mol. The normalized spacial score (nSPS) is 10.1. The van der Waals surface area contributed by atoms with Crippen molar-refractivity contribution in [2.24, 2.45) is 0 Å². The summed E-state index contributed by atoms with van der Waals surface area (Å²) in [6.07, 6.45) is 1.41. The molecule has 0 fully saturated rings. The summed E-state index contributed by atoms with van der Waals surface area (Å²) < 4.78 is 10.7. The Hall–Kier alpha value is -1.93. The van der Waals surface area contributed by atoms with Crippen LogP contribution in [0.1, 0.15) is 19.8 Å². The van der Waals surface area contributed by atoms with Gasteiger partial charge in [0.1, 0.15) is 5.75 Å². The molecule has 0 saturated heterocycles. The molecule has 1 aromatic rings. The number of nitrogens with zero attached hydrogens (tertiary/aromatic N) is 2. The molecule has 1 aromatic carbocycles. The van der Waals surface area contributed by atoms with Gasteiger partial charge in [0.05, 0.1) is 25.7 Å². The highest BCUT2D eigenvalue weighted by Gasteiger charge is 2.09. The topological polar surface area (TPSA) is 71.5 Å². The molecule has 1 rings (SSSR count). The van der Waals surface area contributed by atoms with Gasteiger partial charge in [0.15, 0.2) is 0 Å². The summed E-state index contributed by atoms with van der Waals surface area (Å²) in [5.74, 6) is 0.765. The average Bonchev–Trinajstić information content (AvgIpc) is 2.44. The van der Waals surface area contributed by atoms with E-state index in [9.17, 15) is 0 Å². The fourth-order valence-corrected chi connectivity index (χ4v) is 1.85. The molecule has 0 heterocycles. The lowest BCUT2D eigenvalue weighted by atomic mass is 10.2. The van der Waals surface area contributed by atoms with Gasteiger partial charge in [-0.3, -0.25) is 0 Å². The number of rotatable bonds is 9. The van der Waals surface area contributed by atoms with E-state index in [1.807, 2.05) is 18.2 Å². The highest BCUT2D eigenvalue weighted by molar-refractivity contribution is 5.60. The first-order valence-corrected chi connectivity index (χ1v) is 6.85. The number of nitrogens with two attached hydrogens (primary N) is 1. The first kappa shape index (κ1) is 16.1. The van der Waals surface area contributed by atoms with Gasteiger partial charge in [-0.1, -0.05) is 6.92 Å². The van der Waals surface area contributed by atoms with E-state index in [4.69, 9.17) is 20.5 Å². The fourth-order valence-electron chi connectivity index (χ4n) is 1.85. The molecule has 0 atom stereocenters. The van der Waals surface area contributed by atoms with Crippen molar-refractivity contribution in [2.45, 2.75) is 19.8 Å². The van der Waals surface area contributed by atoms with Crippen LogP contribution in [-0.4, -0.2) is 33.4 Å². The largest absolute Gasteiger partial charge is 0.493 e. The van der Waals surface area contributed by atoms with Gasteiger partial charge in [0, 0.05) is 43.7 Å². The molecule has 0 spiro atoms. The molecule has 5 heteroatoms. The zero-order valence-corrected chi connectivity index (χ0v) is 12.3. The minimum atomic E-state index is 0.462. The zero-order chi connectivity index (χ0) is 14.8. The Morgan fingerprint density at radius 2 is 2.05 bits per heavy atom. The highest BCUT2D eigenvalue weighted by Crippen LogP contribution is 2.26. The van der Waals surface area contributed by atoms with Crippen LogP contribution in [-0.2, 0) is 4.74 Å². The highest BCUT2D eigenvalue weighted by atomic mass is 16.5. The molecule has 0 saturated carbocycles. The van der Waals surface area contributed by atoms with Crippen LogP contribution in [0.5, 0.6) is 5.75 Å². The lowest BCUT2D eigenvalue weighted by molar-refractivity contribution is 0.205. The monoisotopic (exact) mass is 277 g/mol. The molecule has 0 aliphatic heterocycles. The molecule has 0 radical (unpaired) electrons. The Bertz CT molecular complexity index is 443. The number of ether oxygens (including phenoxy) is 2. The Morgan fingerprint density at radius 1 is 1.25 bits per heavy atom. The van der Waals surface area contributed by atoms with Crippen molar-refractivity contribution in [3.05, 3.63) is 18.2 Å². The summed E-state index contributed by atoms with van der Waals surface area (Å²) >= 11 is 0.